The van der Waals surface area contributed by atoms with Crippen molar-refractivity contribution in [2.75, 3.05) is 19.8 Å². The van der Waals surface area contributed by atoms with Gasteiger partial charge in [0.05, 0.1) is 18.3 Å². The molecule has 3 atom stereocenters. The summed E-state index contributed by atoms with van der Waals surface area (Å²) in [4.78, 5) is 0. The van der Waals surface area contributed by atoms with Gasteiger partial charge >= 0.3 is 0 Å². The summed E-state index contributed by atoms with van der Waals surface area (Å²) in [6.45, 7) is 6.46. The molecule has 0 saturated carbocycles. The lowest BCUT2D eigenvalue weighted by Crippen LogP contribution is -2.44. The molecule has 1 N–H and O–H groups in total. The van der Waals surface area contributed by atoms with Gasteiger partial charge in [-0.3, -0.25) is 0 Å². The van der Waals surface area contributed by atoms with E-state index in [2.05, 4.69) is 13.8 Å². The van der Waals surface area contributed by atoms with Crippen LogP contribution in [-0.4, -0.2) is 36.6 Å². The van der Waals surface area contributed by atoms with Gasteiger partial charge in [0.25, 0.3) is 0 Å². The molecule has 0 aromatic heterocycles. The largest absolute Gasteiger partial charge is 0.393 e. The predicted molar refractivity (Wildman–Crippen MR) is 57.7 cm³/mol. The Morgan fingerprint density at radius 1 is 1.33 bits per heavy atom. The molecule has 0 bridgehead atoms. The third-order valence-corrected chi connectivity index (χ3v) is 3.76. The first kappa shape index (κ1) is 11.4. The van der Waals surface area contributed by atoms with Crippen molar-refractivity contribution in [3.05, 3.63) is 0 Å². The Hall–Kier alpha value is -0.120. The topological polar surface area (TPSA) is 38.7 Å². The Morgan fingerprint density at radius 3 is 2.73 bits per heavy atom. The van der Waals surface area contributed by atoms with Crippen LogP contribution in [0.5, 0.6) is 0 Å². The van der Waals surface area contributed by atoms with E-state index in [0.29, 0.717) is 18.4 Å². The molecular weight excluding hydrogens is 192 g/mol. The molecule has 15 heavy (non-hydrogen) atoms. The van der Waals surface area contributed by atoms with E-state index in [0.717, 1.165) is 32.5 Å². The van der Waals surface area contributed by atoms with E-state index in [1.807, 2.05) is 0 Å². The second-order valence-corrected chi connectivity index (χ2v) is 5.32. The second-order valence-electron chi connectivity index (χ2n) is 5.32. The van der Waals surface area contributed by atoms with Gasteiger partial charge in [0.15, 0.2) is 0 Å². The average Bonchev–Trinajstić information content (AvgIpc) is 2.65. The smallest absolute Gasteiger partial charge is 0.0940 e. The van der Waals surface area contributed by atoms with Crippen molar-refractivity contribution < 1.29 is 14.6 Å². The molecule has 0 aliphatic carbocycles. The summed E-state index contributed by atoms with van der Waals surface area (Å²) in [5.41, 5.74) is -0.0706. The number of ether oxygens (including phenoxy) is 2. The van der Waals surface area contributed by atoms with Crippen LogP contribution in [0.15, 0.2) is 0 Å². The molecule has 1 spiro atoms. The summed E-state index contributed by atoms with van der Waals surface area (Å²) >= 11 is 0. The van der Waals surface area contributed by atoms with Crippen molar-refractivity contribution in [2.24, 2.45) is 11.8 Å². The molecular formula is C12H22O3. The number of aliphatic hydroxyl groups is 1. The summed E-state index contributed by atoms with van der Waals surface area (Å²) in [5, 5.41) is 10.1. The number of aliphatic hydroxyl groups excluding tert-OH is 1. The Kier molecular flexibility index (Phi) is 3.33. The second kappa shape index (κ2) is 4.40. The van der Waals surface area contributed by atoms with Crippen molar-refractivity contribution >= 4 is 0 Å². The highest BCUT2D eigenvalue weighted by Gasteiger charge is 2.43. The maximum atomic E-state index is 10.1. The van der Waals surface area contributed by atoms with E-state index < -0.39 is 0 Å². The zero-order valence-electron chi connectivity index (χ0n) is 9.74. The SMILES string of the molecule is CC(C)C(O)C1CCOC2(CCOC2)C1. The van der Waals surface area contributed by atoms with Crippen LogP contribution in [0.4, 0.5) is 0 Å². The average molecular weight is 214 g/mol. The summed E-state index contributed by atoms with van der Waals surface area (Å²) < 4.78 is 11.3. The molecule has 0 amide bonds. The van der Waals surface area contributed by atoms with Crippen molar-refractivity contribution in [3.63, 3.8) is 0 Å². The minimum atomic E-state index is -0.189. The summed E-state index contributed by atoms with van der Waals surface area (Å²) in [7, 11) is 0. The Balaban J connectivity index is 1.97. The fraction of sp³-hybridized carbons (Fsp3) is 1.00. The summed E-state index contributed by atoms with van der Waals surface area (Å²) in [6, 6.07) is 0. The van der Waals surface area contributed by atoms with Crippen LogP contribution in [0, 0.1) is 11.8 Å². The molecule has 3 nitrogen and oxygen atoms in total. The molecule has 2 aliphatic heterocycles. The number of rotatable bonds is 2. The van der Waals surface area contributed by atoms with Crippen LogP contribution in [0.25, 0.3) is 0 Å². The minimum Gasteiger partial charge on any atom is -0.393 e. The van der Waals surface area contributed by atoms with E-state index in [1.54, 1.807) is 0 Å². The zero-order valence-corrected chi connectivity index (χ0v) is 9.74. The molecule has 2 fully saturated rings. The standard InChI is InChI=1S/C12H22O3/c1-9(2)11(13)10-3-5-15-12(7-10)4-6-14-8-12/h9-11,13H,3-8H2,1-2H3. The molecule has 3 unspecified atom stereocenters. The van der Waals surface area contributed by atoms with Crippen LogP contribution in [-0.2, 0) is 9.47 Å². The molecule has 0 aromatic rings. The molecule has 88 valence electrons. The van der Waals surface area contributed by atoms with Crippen LogP contribution in [0.3, 0.4) is 0 Å². The molecule has 2 saturated heterocycles. The van der Waals surface area contributed by atoms with Crippen LogP contribution < -0.4 is 0 Å². The third kappa shape index (κ3) is 2.35. The fourth-order valence-electron chi connectivity index (χ4n) is 2.76. The molecule has 2 rings (SSSR count). The van der Waals surface area contributed by atoms with Gasteiger partial charge in [0, 0.05) is 19.6 Å². The number of hydrogen-bond donors (Lipinski definition) is 1. The van der Waals surface area contributed by atoms with Crippen molar-refractivity contribution in [2.45, 2.75) is 44.8 Å². The van der Waals surface area contributed by atoms with Crippen molar-refractivity contribution in [1.29, 1.82) is 0 Å². The molecule has 2 aliphatic rings. The predicted octanol–water partition coefficient (Wildman–Crippen LogP) is 1.59. The van der Waals surface area contributed by atoms with E-state index in [4.69, 9.17) is 9.47 Å². The lowest BCUT2D eigenvalue weighted by molar-refractivity contribution is -0.121. The van der Waals surface area contributed by atoms with Crippen molar-refractivity contribution in [1.82, 2.24) is 0 Å². The van der Waals surface area contributed by atoms with Gasteiger partial charge in [0.2, 0.25) is 0 Å². The van der Waals surface area contributed by atoms with Crippen LogP contribution in [0.2, 0.25) is 0 Å². The molecule has 3 heteroatoms. The highest BCUT2D eigenvalue weighted by Crippen LogP contribution is 2.38. The van der Waals surface area contributed by atoms with E-state index in [9.17, 15) is 5.11 Å². The Morgan fingerprint density at radius 2 is 2.13 bits per heavy atom. The van der Waals surface area contributed by atoms with Gasteiger partial charge < -0.3 is 14.6 Å². The normalized spacial score (nSPS) is 38.8. The molecule has 2 heterocycles. The zero-order chi connectivity index (χ0) is 10.9. The Bertz CT molecular complexity index is 209. The highest BCUT2D eigenvalue weighted by molar-refractivity contribution is 4.92. The van der Waals surface area contributed by atoms with Crippen LogP contribution >= 0.6 is 0 Å². The lowest BCUT2D eigenvalue weighted by atomic mass is 9.79. The molecule has 0 aromatic carbocycles. The quantitative estimate of drug-likeness (QED) is 0.758. The van der Waals surface area contributed by atoms with Gasteiger partial charge in [-0.2, -0.15) is 0 Å². The van der Waals surface area contributed by atoms with E-state index in [1.165, 1.54) is 0 Å². The van der Waals surface area contributed by atoms with E-state index >= 15 is 0 Å². The van der Waals surface area contributed by atoms with Crippen LogP contribution in [0.1, 0.15) is 33.1 Å². The van der Waals surface area contributed by atoms with Gasteiger partial charge in [-0.1, -0.05) is 13.8 Å². The Labute approximate surface area is 91.8 Å². The molecule has 0 radical (unpaired) electrons. The lowest BCUT2D eigenvalue weighted by Gasteiger charge is -2.39. The van der Waals surface area contributed by atoms with Gasteiger partial charge in [-0.25, -0.2) is 0 Å². The van der Waals surface area contributed by atoms with Gasteiger partial charge in [-0.05, 0) is 24.7 Å². The first-order valence-corrected chi connectivity index (χ1v) is 6.03. The summed E-state index contributed by atoms with van der Waals surface area (Å²) in [6.07, 6.45) is 2.76. The highest BCUT2D eigenvalue weighted by atomic mass is 16.6. The monoisotopic (exact) mass is 214 g/mol. The van der Waals surface area contributed by atoms with E-state index in [-0.39, 0.29) is 11.7 Å². The third-order valence-electron chi connectivity index (χ3n) is 3.76. The minimum absolute atomic E-state index is 0.0706. The van der Waals surface area contributed by atoms with Crippen molar-refractivity contribution in [3.8, 4) is 0 Å². The fourth-order valence-corrected chi connectivity index (χ4v) is 2.76. The first-order chi connectivity index (χ1) is 7.13. The summed E-state index contributed by atoms with van der Waals surface area (Å²) in [5.74, 6) is 0.730. The van der Waals surface area contributed by atoms with Gasteiger partial charge in [-0.15, -0.1) is 0 Å². The maximum absolute atomic E-state index is 10.1. The van der Waals surface area contributed by atoms with Gasteiger partial charge in [0.1, 0.15) is 0 Å². The first-order valence-electron chi connectivity index (χ1n) is 6.03. The maximum Gasteiger partial charge on any atom is 0.0940 e. The number of hydrogen-bond acceptors (Lipinski definition) is 3.